The number of likely N-dealkylation sites (tertiary alicyclic amines) is 1. The zero-order valence-electron chi connectivity index (χ0n) is 28.5. The minimum Gasteiger partial charge on any atom is -0.448 e. The number of urea groups is 1. The molecule has 3 saturated heterocycles. The van der Waals surface area contributed by atoms with Crippen molar-refractivity contribution in [2.45, 2.75) is 89.6 Å². The van der Waals surface area contributed by atoms with Crippen molar-refractivity contribution in [2.75, 3.05) is 32.8 Å². The molecule has 4 aliphatic rings. The van der Waals surface area contributed by atoms with Crippen LogP contribution >= 0.6 is 0 Å². The summed E-state index contributed by atoms with van der Waals surface area (Å²) in [5.74, 6) is 0.448. The van der Waals surface area contributed by atoms with Gasteiger partial charge in [0.25, 0.3) is 0 Å². The van der Waals surface area contributed by atoms with Gasteiger partial charge in [0.05, 0.1) is 18.7 Å². The fraction of sp³-hybridized carbons (Fsp3) is 0.528. The molecule has 0 radical (unpaired) electrons. The van der Waals surface area contributed by atoms with Crippen LogP contribution in [-0.4, -0.2) is 98.7 Å². The number of hydrogen-bond donors (Lipinski definition) is 0. The van der Waals surface area contributed by atoms with E-state index in [2.05, 4.69) is 41.4 Å². The molecule has 0 N–H and O–H groups in total. The molecule has 1 aromatic heterocycles. The van der Waals surface area contributed by atoms with Gasteiger partial charge in [0, 0.05) is 25.6 Å². The third kappa shape index (κ3) is 6.55. The first-order chi connectivity index (χ1) is 23.6. The third-order valence-electron chi connectivity index (χ3n) is 9.65. The maximum absolute atomic E-state index is 13.9. The van der Waals surface area contributed by atoms with E-state index in [0.29, 0.717) is 25.5 Å². The predicted molar refractivity (Wildman–Crippen MR) is 177 cm³/mol. The highest BCUT2D eigenvalue weighted by molar-refractivity contribution is 5.79. The Kier molecular flexibility index (Phi) is 8.95. The average Bonchev–Trinajstić information content (AvgIpc) is 3.72. The molecular formula is C36H44N6O7. The van der Waals surface area contributed by atoms with Crippen LogP contribution in [0.15, 0.2) is 52.9 Å². The summed E-state index contributed by atoms with van der Waals surface area (Å²) in [6.07, 6.45) is 2.31. The van der Waals surface area contributed by atoms with Crippen LogP contribution in [0.25, 0.3) is 11.1 Å². The van der Waals surface area contributed by atoms with Crippen LogP contribution in [0, 0.1) is 0 Å². The van der Waals surface area contributed by atoms with Gasteiger partial charge in [-0.1, -0.05) is 61.9 Å². The SMILES string of the molecule is CCCCON1C(=O)N2C[C@@H]1CC[C@H]2c1nnc(CN(C(=O)OCC2c3ccccc3-c3ccccc32)C2CN(C(=O)OC(C)(C)C)C2)o1. The number of rotatable bonds is 10. The highest BCUT2D eigenvalue weighted by atomic mass is 16.7. The lowest BCUT2D eigenvalue weighted by Crippen LogP contribution is -2.62. The van der Waals surface area contributed by atoms with E-state index in [1.807, 2.05) is 45.0 Å². The average molecular weight is 673 g/mol. The summed E-state index contributed by atoms with van der Waals surface area (Å²) in [5, 5.41) is 10.1. The number of fused-ring (bicyclic) bond motifs is 5. The van der Waals surface area contributed by atoms with Crippen molar-refractivity contribution in [3.63, 3.8) is 0 Å². The lowest BCUT2D eigenvalue weighted by Gasteiger charge is -2.44. The molecule has 7 rings (SSSR count). The molecule has 2 bridgehead atoms. The summed E-state index contributed by atoms with van der Waals surface area (Å²) in [6, 6.07) is 15.4. The number of unbranched alkanes of at least 4 members (excludes halogenated alkanes) is 1. The number of amides is 4. The first-order valence-corrected chi connectivity index (χ1v) is 17.3. The highest BCUT2D eigenvalue weighted by Crippen LogP contribution is 2.45. The van der Waals surface area contributed by atoms with E-state index in [1.165, 1.54) is 5.06 Å². The van der Waals surface area contributed by atoms with Crippen LogP contribution in [0.2, 0.25) is 0 Å². The summed E-state index contributed by atoms with van der Waals surface area (Å²) in [5.41, 5.74) is 3.88. The number of carbonyl (C=O) groups is 3. The summed E-state index contributed by atoms with van der Waals surface area (Å²) < 4.78 is 17.7. The Morgan fingerprint density at radius 2 is 1.67 bits per heavy atom. The summed E-state index contributed by atoms with van der Waals surface area (Å²) >= 11 is 0. The van der Waals surface area contributed by atoms with Gasteiger partial charge in [-0.15, -0.1) is 10.2 Å². The van der Waals surface area contributed by atoms with Gasteiger partial charge in [-0.05, 0) is 62.3 Å². The zero-order valence-corrected chi connectivity index (χ0v) is 28.5. The summed E-state index contributed by atoms with van der Waals surface area (Å²) in [6.45, 7) is 9.26. The smallest absolute Gasteiger partial charge is 0.410 e. The molecule has 3 fully saturated rings. The first-order valence-electron chi connectivity index (χ1n) is 17.3. The number of ether oxygens (including phenoxy) is 2. The Bertz CT molecular complexity index is 1650. The van der Waals surface area contributed by atoms with Gasteiger partial charge in [-0.25, -0.2) is 14.4 Å². The Morgan fingerprint density at radius 3 is 2.35 bits per heavy atom. The van der Waals surface area contributed by atoms with E-state index in [0.717, 1.165) is 41.5 Å². The number of carbonyl (C=O) groups excluding carboxylic acids is 3. The molecule has 0 spiro atoms. The van der Waals surface area contributed by atoms with Gasteiger partial charge in [0.2, 0.25) is 11.8 Å². The van der Waals surface area contributed by atoms with Crippen LogP contribution in [0.5, 0.6) is 0 Å². The van der Waals surface area contributed by atoms with E-state index in [1.54, 1.807) is 14.7 Å². The minimum absolute atomic E-state index is 0.00130. The number of aromatic nitrogens is 2. The number of piperidine rings is 1. The molecule has 4 amide bonds. The van der Waals surface area contributed by atoms with Gasteiger partial charge >= 0.3 is 18.2 Å². The van der Waals surface area contributed by atoms with Gasteiger partial charge < -0.3 is 23.7 Å². The molecule has 3 aliphatic heterocycles. The Morgan fingerprint density at radius 1 is 0.980 bits per heavy atom. The normalized spacial score (nSPS) is 20.2. The molecule has 13 nitrogen and oxygen atoms in total. The van der Waals surface area contributed by atoms with Crippen molar-refractivity contribution in [2.24, 2.45) is 0 Å². The second-order valence-corrected chi connectivity index (χ2v) is 14.2. The molecule has 0 unspecified atom stereocenters. The van der Waals surface area contributed by atoms with E-state index in [9.17, 15) is 14.4 Å². The van der Waals surface area contributed by atoms with Crippen molar-refractivity contribution in [3.05, 3.63) is 71.4 Å². The second kappa shape index (κ2) is 13.3. The van der Waals surface area contributed by atoms with Crippen LogP contribution in [0.1, 0.15) is 88.2 Å². The minimum atomic E-state index is -0.636. The van der Waals surface area contributed by atoms with E-state index in [-0.39, 0.29) is 62.2 Å². The lowest BCUT2D eigenvalue weighted by molar-refractivity contribution is -0.130. The maximum atomic E-state index is 13.9. The molecule has 2 atom stereocenters. The van der Waals surface area contributed by atoms with E-state index >= 15 is 0 Å². The predicted octanol–water partition coefficient (Wildman–Crippen LogP) is 6.11. The van der Waals surface area contributed by atoms with Gasteiger partial charge in [-0.2, -0.15) is 5.06 Å². The zero-order chi connectivity index (χ0) is 34.3. The summed E-state index contributed by atoms with van der Waals surface area (Å²) in [7, 11) is 0. The molecule has 1 aliphatic carbocycles. The molecule has 13 heteroatoms. The number of benzene rings is 2. The lowest BCUT2D eigenvalue weighted by atomic mass is 9.98. The highest BCUT2D eigenvalue weighted by Gasteiger charge is 2.48. The monoisotopic (exact) mass is 672 g/mol. The third-order valence-corrected chi connectivity index (χ3v) is 9.65. The fourth-order valence-corrected chi connectivity index (χ4v) is 7.12. The molecular weight excluding hydrogens is 628 g/mol. The number of nitrogens with zero attached hydrogens (tertiary/aromatic N) is 6. The standard InChI is InChI=1S/C36H44N6O7/c1-5-6-17-47-42-23-15-16-30(41(20-23)33(42)43)32-38-37-31(48-32)21-40(24-18-39(19-24)34(44)49-36(2,3)4)35(45)46-22-29-27-13-9-7-11-25(27)26-12-8-10-14-28(26)29/h7-14,23-24,29-30H,5-6,15-22H2,1-4H3/t23-,30-/m0/s1. The van der Waals surface area contributed by atoms with Gasteiger partial charge in [0.15, 0.2) is 0 Å². The second-order valence-electron chi connectivity index (χ2n) is 14.2. The number of hydrogen-bond acceptors (Lipinski definition) is 9. The van der Waals surface area contributed by atoms with E-state index in [4.69, 9.17) is 18.7 Å². The van der Waals surface area contributed by atoms with Crippen LogP contribution in [0.3, 0.4) is 0 Å². The van der Waals surface area contributed by atoms with Gasteiger partial charge in [-0.3, -0.25) is 9.74 Å². The van der Waals surface area contributed by atoms with Crippen molar-refractivity contribution < 1.29 is 33.1 Å². The van der Waals surface area contributed by atoms with Crippen molar-refractivity contribution in [3.8, 4) is 11.1 Å². The maximum Gasteiger partial charge on any atom is 0.410 e. The molecule has 3 aromatic rings. The Hall–Kier alpha value is -4.65. The largest absolute Gasteiger partial charge is 0.448 e. The Labute approximate surface area is 286 Å². The molecule has 2 aromatic carbocycles. The molecule has 260 valence electrons. The van der Waals surface area contributed by atoms with Crippen molar-refractivity contribution >= 4 is 18.2 Å². The Balaban J connectivity index is 1.05. The van der Waals surface area contributed by atoms with Crippen LogP contribution < -0.4 is 0 Å². The topological polar surface area (TPSA) is 131 Å². The number of hydroxylamine groups is 2. The van der Waals surface area contributed by atoms with E-state index < -0.39 is 17.8 Å². The van der Waals surface area contributed by atoms with Crippen LogP contribution in [-0.2, 0) is 20.9 Å². The van der Waals surface area contributed by atoms with Crippen LogP contribution in [0.4, 0.5) is 14.4 Å². The van der Waals surface area contributed by atoms with Crippen molar-refractivity contribution in [1.29, 1.82) is 0 Å². The summed E-state index contributed by atoms with van der Waals surface area (Å²) in [4.78, 5) is 50.4. The molecule has 49 heavy (non-hydrogen) atoms. The molecule has 0 saturated carbocycles. The fourth-order valence-electron chi connectivity index (χ4n) is 7.12. The van der Waals surface area contributed by atoms with Crippen molar-refractivity contribution in [1.82, 2.24) is 30.0 Å². The molecule has 4 heterocycles. The van der Waals surface area contributed by atoms with Gasteiger partial charge in [0.1, 0.15) is 24.8 Å². The first kappa shape index (κ1) is 32.9. The quantitative estimate of drug-likeness (QED) is 0.234.